The van der Waals surface area contributed by atoms with Crippen molar-refractivity contribution in [1.82, 2.24) is 9.97 Å². The summed E-state index contributed by atoms with van der Waals surface area (Å²) in [5.41, 5.74) is 1.74. The van der Waals surface area contributed by atoms with Crippen molar-refractivity contribution < 1.29 is 9.90 Å². The minimum atomic E-state index is -1.01. The molecular weight excluding hydrogens is 250 g/mol. The number of anilines is 1. The van der Waals surface area contributed by atoms with E-state index in [0.717, 1.165) is 5.56 Å². The zero-order valence-corrected chi connectivity index (χ0v) is 10.9. The molecular formula is C12H13N3O2S. The van der Waals surface area contributed by atoms with Gasteiger partial charge < -0.3 is 10.4 Å². The van der Waals surface area contributed by atoms with Crippen LogP contribution >= 0.6 is 11.3 Å². The summed E-state index contributed by atoms with van der Waals surface area (Å²) in [6, 6.07) is 2.12. The molecule has 18 heavy (non-hydrogen) atoms. The number of nitrogens with zero attached hydrogens (tertiary/aromatic N) is 2. The Morgan fingerprint density at radius 1 is 1.56 bits per heavy atom. The van der Waals surface area contributed by atoms with Crippen LogP contribution in [0.15, 0.2) is 23.0 Å². The summed E-state index contributed by atoms with van der Waals surface area (Å²) in [4.78, 5) is 19.0. The highest BCUT2D eigenvalue weighted by Gasteiger charge is 2.12. The SMILES string of the molecule is Cc1nc(NC(C)c2ccsc2)ncc1C(=O)O. The first-order valence-corrected chi connectivity index (χ1v) is 6.38. The van der Waals surface area contributed by atoms with Crippen LogP contribution in [-0.2, 0) is 0 Å². The van der Waals surface area contributed by atoms with Crippen LogP contribution in [0.2, 0.25) is 0 Å². The fourth-order valence-electron chi connectivity index (χ4n) is 1.54. The lowest BCUT2D eigenvalue weighted by Gasteiger charge is -2.13. The molecule has 2 heterocycles. The maximum absolute atomic E-state index is 10.8. The van der Waals surface area contributed by atoms with E-state index >= 15 is 0 Å². The Labute approximate surface area is 109 Å². The molecule has 0 aromatic carbocycles. The van der Waals surface area contributed by atoms with E-state index in [9.17, 15) is 4.79 Å². The number of carbonyl (C=O) groups is 1. The molecule has 0 aliphatic rings. The first kappa shape index (κ1) is 12.5. The van der Waals surface area contributed by atoms with Gasteiger partial charge in [-0.2, -0.15) is 11.3 Å². The van der Waals surface area contributed by atoms with Crippen LogP contribution in [0, 0.1) is 6.92 Å². The predicted octanol–water partition coefficient (Wildman–Crippen LogP) is 2.72. The number of hydrogen-bond donors (Lipinski definition) is 2. The average molecular weight is 263 g/mol. The molecule has 5 nitrogen and oxygen atoms in total. The van der Waals surface area contributed by atoms with Gasteiger partial charge in [0.15, 0.2) is 0 Å². The van der Waals surface area contributed by atoms with Crippen LogP contribution in [0.25, 0.3) is 0 Å². The maximum atomic E-state index is 10.8. The molecule has 0 aliphatic heterocycles. The Bertz CT molecular complexity index is 554. The number of nitrogens with one attached hydrogen (secondary N) is 1. The second-order valence-corrected chi connectivity index (χ2v) is 4.70. The lowest BCUT2D eigenvalue weighted by molar-refractivity contribution is 0.0695. The summed E-state index contributed by atoms with van der Waals surface area (Å²) >= 11 is 1.63. The quantitative estimate of drug-likeness (QED) is 0.887. The van der Waals surface area contributed by atoms with Gasteiger partial charge in [0.05, 0.1) is 17.3 Å². The van der Waals surface area contributed by atoms with Gasteiger partial charge in [0.1, 0.15) is 0 Å². The highest BCUT2D eigenvalue weighted by Crippen LogP contribution is 2.19. The number of carboxylic acids is 1. The van der Waals surface area contributed by atoms with Gasteiger partial charge in [0.25, 0.3) is 0 Å². The topological polar surface area (TPSA) is 75.1 Å². The first-order chi connectivity index (χ1) is 8.58. The molecule has 2 rings (SSSR count). The van der Waals surface area contributed by atoms with Gasteiger partial charge >= 0.3 is 5.97 Å². The largest absolute Gasteiger partial charge is 0.478 e. The predicted molar refractivity (Wildman–Crippen MR) is 70.1 cm³/mol. The third kappa shape index (κ3) is 2.65. The first-order valence-electron chi connectivity index (χ1n) is 5.43. The molecule has 94 valence electrons. The summed E-state index contributed by atoms with van der Waals surface area (Å²) in [6.45, 7) is 3.66. The number of carboxylic acid groups (broad SMARTS) is 1. The monoisotopic (exact) mass is 263 g/mol. The third-order valence-corrected chi connectivity index (χ3v) is 3.30. The molecule has 6 heteroatoms. The molecule has 0 saturated heterocycles. The zero-order valence-electron chi connectivity index (χ0n) is 10.0. The van der Waals surface area contributed by atoms with E-state index in [4.69, 9.17) is 5.11 Å². The molecule has 2 N–H and O–H groups in total. The zero-order chi connectivity index (χ0) is 13.1. The van der Waals surface area contributed by atoms with E-state index in [1.54, 1.807) is 18.3 Å². The highest BCUT2D eigenvalue weighted by molar-refractivity contribution is 7.07. The van der Waals surface area contributed by atoms with E-state index in [1.807, 2.05) is 18.4 Å². The van der Waals surface area contributed by atoms with Crippen molar-refractivity contribution in [2.75, 3.05) is 5.32 Å². The van der Waals surface area contributed by atoms with Gasteiger partial charge in [-0.05, 0) is 36.2 Å². The molecule has 0 amide bonds. The third-order valence-electron chi connectivity index (χ3n) is 2.60. The number of aryl methyl sites for hydroxylation is 1. The molecule has 1 unspecified atom stereocenters. The van der Waals surface area contributed by atoms with E-state index in [-0.39, 0.29) is 11.6 Å². The van der Waals surface area contributed by atoms with Crippen molar-refractivity contribution in [2.24, 2.45) is 0 Å². The minimum Gasteiger partial charge on any atom is -0.478 e. The minimum absolute atomic E-state index is 0.0892. The van der Waals surface area contributed by atoms with Crippen LogP contribution in [-0.4, -0.2) is 21.0 Å². The van der Waals surface area contributed by atoms with Crippen molar-refractivity contribution >= 4 is 23.3 Å². The Hall–Kier alpha value is -1.95. The van der Waals surface area contributed by atoms with Crippen molar-refractivity contribution in [1.29, 1.82) is 0 Å². The van der Waals surface area contributed by atoms with Crippen molar-refractivity contribution in [3.63, 3.8) is 0 Å². The number of hydrogen-bond acceptors (Lipinski definition) is 5. The van der Waals surface area contributed by atoms with Crippen molar-refractivity contribution in [3.05, 3.63) is 39.8 Å². The Morgan fingerprint density at radius 3 is 2.89 bits per heavy atom. The summed E-state index contributed by atoms with van der Waals surface area (Å²) in [6.07, 6.45) is 1.33. The fourth-order valence-corrected chi connectivity index (χ4v) is 2.30. The van der Waals surface area contributed by atoms with Gasteiger partial charge in [0.2, 0.25) is 5.95 Å². The number of aromatic nitrogens is 2. The maximum Gasteiger partial charge on any atom is 0.339 e. The van der Waals surface area contributed by atoms with Gasteiger partial charge in [-0.3, -0.25) is 0 Å². The van der Waals surface area contributed by atoms with E-state index in [2.05, 4.69) is 20.7 Å². The molecule has 0 radical (unpaired) electrons. The van der Waals surface area contributed by atoms with Crippen LogP contribution in [0.1, 0.15) is 34.6 Å². The molecule has 0 fully saturated rings. The second kappa shape index (κ2) is 5.14. The van der Waals surface area contributed by atoms with E-state index < -0.39 is 5.97 Å². The second-order valence-electron chi connectivity index (χ2n) is 3.92. The standard InChI is InChI=1S/C12H13N3O2S/c1-7(9-3-4-18-6-9)14-12-13-5-10(11(16)17)8(2)15-12/h3-7H,1-2H3,(H,16,17)(H,13,14,15). The van der Waals surface area contributed by atoms with Crippen molar-refractivity contribution in [2.45, 2.75) is 19.9 Å². The Kier molecular flexibility index (Phi) is 3.57. The average Bonchev–Trinajstić information content (AvgIpc) is 2.81. The van der Waals surface area contributed by atoms with Crippen LogP contribution in [0.5, 0.6) is 0 Å². The highest BCUT2D eigenvalue weighted by atomic mass is 32.1. The van der Waals surface area contributed by atoms with E-state index in [0.29, 0.717) is 11.6 Å². The number of rotatable bonds is 4. The molecule has 0 bridgehead atoms. The molecule has 1 atom stereocenters. The van der Waals surface area contributed by atoms with E-state index in [1.165, 1.54) is 6.20 Å². The number of thiophene rings is 1. The lowest BCUT2D eigenvalue weighted by atomic mass is 10.2. The van der Waals surface area contributed by atoms with Gasteiger partial charge in [-0.15, -0.1) is 0 Å². The summed E-state index contributed by atoms with van der Waals surface area (Å²) in [5, 5.41) is 16.1. The molecule has 0 saturated carbocycles. The molecule has 0 spiro atoms. The van der Waals surface area contributed by atoms with Gasteiger partial charge in [-0.1, -0.05) is 0 Å². The number of aromatic carboxylic acids is 1. The molecule has 2 aromatic heterocycles. The fraction of sp³-hybridized carbons (Fsp3) is 0.250. The molecule has 0 aliphatic carbocycles. The molecule has 2 aromatic rings. The van der Waals surface area contributed by atoms with Gasteiger partial charge in [0, 0.05) is 6.20 Å². The Balaban J connectivity index is 2.15. The van der Waals surface area contributed by atoms with Crippen molar-refractivity contribution in [3.8, 4) is 0 Å². The smallest absolute Gasteiger partial charge is 0.339 e. The van der Waals surface area contributed by atoms with Crippen LogP contribution in [0.4, 0.5) is 5.95 Å². The van der Waals surface area contributed by atoms with Gasteiger partial charge in [-0.25, -0.2) is 14.8 Å². The summed E-state index contributed by atoms with van der Waals surface area (Å²) in [7, 11) is 0. The Morgan fingerprint density at radius 2 is 2.33 bits per heavy atom. The van der Waals surface area contributed by atoms with Crippen LogP contribution < -0.4 is 5.32 Å². The summed E-state index contributed by atoms with van der Waals surface area (Å²) < 4.78 is 0. The lowest BCUT2D eigenvalue weighted by Crippen LogP contribution is -2.11. The summed E-state index contributed by atoms with van der Waals surface area (Å²) in [5.74, 6) is -0.568. The normalized spacial score (nSPS) is 12.1. The van der Waals surface area contributed by atoms with Crippen LogP contribution in [0.3, 0.4) is 0 Å².